The molecule has 0 unspecified atom stereocenters. The molecular weight excluding hydrogens is 348 g/mol. The van der Waals surface area contributed by atoms with Crippen molar-refractivity contribution in [2.24, 2.45) is 0 Å². The van der Waals surface area contributed by atoms with Gasteiger partial charge in [0.2, 0.25) is 0 Å². The number of ether oxygens (including phenoxy) is 2. The van der Waals surface area contributed by atoms with Crippen LogP contribution in [-0.4, -0.2) is 61.8 Å². The number of benzene rings is 2. The van der Waals surface area contributed by atoms with Crippen molar-refractivity contribution in [2.75, 3.05) is 46.5 Å². The number of nitrogens with zero attached hydrogens (tertiary/aromatic N) is 2. The van der Waals surface area contributed by atoms with Gasteiger partial charge in [0, 0.05) is 25.2 Å². The Balaban J connectivity index is 1.34. The summed E-state index contributed by atoms with van der Waals surface area (Å²) in [6.45, 7) is 7.21. The van der Waals surface area contributed by atoms with Crippen molar-refractivity contribution in [1.29, 1.82) is 0 Å². The third kappa shape index (κ3) is 4.57. The van der Waals surface area contributed by atoms with E-state index in [1.54, 1.807) is 7.11 Å². The van der Waals surface area contributed by atoms with E-state index in [9.17, 15) is 0 Å². The number of hydrogen-bond acceptors (Lipinski definition) is 4. The Labute approximate surface area is 169 Å². The summed E-state index contributed by atoms with van der Waals surface area (Å²) in [7, 11) is 1.72. The van der Waals surface area contributed by atoms with Crippen LogP contribution in [0.5, 0.6) is 5.75 Å². The zero-order valence-corrected chi connectivity index (χ0v) is 17.0. The van der Waals surface area contributed by atoms with Gasteiger partial charge in [0.05, 0.1) is 20.3 Å². The molecule has 0 aliphatic carbocycles. The summed E-state index contributed by atoms with van der Waals surface area (Å²) in [4.78, 5) is 5.30. The van der Waals surface area contributed by atoms with Crippen molar-refractivity contribution >= 4 is 0 Å². The van der Waals surface area contributed by atoms with Crippen molar-refractivity contribution in [2.45, 2.75) is 31.3 Å². The third-order valence-electron chi connectivity index (χ3n) is 6.43. The summed E-state index contributed by atoms with van der Waals surface area (Å²) in [5.41, 5.74) is 2.99. The van der Waals surface area contributed by atoms with Gasteiger partial charge < -0.3 is 14.4 Å². The Hall–Kier alpha value is -1.88. The summed E-state index contributed by atoms with van der Waals surface area (Å²) in [5.74, 6) is 0.923. The SMILES string of the molecule is COc1ccc(CN2CCOCC23CCN(CCc2ccccc2)CC3)cc1. The van der Waals surface area contributed by atoms with Gasteiger partial charge in [-0.2, -0.15) is 0 Å². The fourth-order valence-corrected chi connectivity index (χ4v) is 4.55. The maximum atomic E-state index is 5.95. The molecule has 0 N–H and O–H groups in total. The Morgan fingerprint density at radius 3 is 2.39 bits per heavy atom. The highest BCUT2D eigenvalue weighted by Gasteiger charge is 2.41. The molecule has 0 atom stereocenters. The van der Waals surface area contributed by atoms with Crippen LogP contribution in [0, 0.1) is 0 Å². The summed E-state index contributed by atoms with van der Waals surface area (Å²) in [6, 6.07) is 19.3. The van der Waals surface area contributed by atoms with Crippen molar-refractivity contribution < 1.29 is 9.47 Å². The average molecular weight is 381 g/mol. The first-order valence-corrected chi connectivity index (χ1v) is 10.5. The third-order valence-corrected chi connectivity index (χ3v) is 6.43. The van der Waals surface area contributed by atoms with E-state index in [0.717, 1.165) is 58.1 Å². The monoisotopic (exact) mass is 380 g/mol. The van der Waals surface area contributed by atoms with Gasteiger partial charge in [-0.3, -0.25) is 4.90 Å². The van der Waals surface area contributed by atoms with Gasteiger partial charge in [-0.1, -0.05) is 42.5 Å². The summed E-state index contributed by atoms with van der Waals surface area (Å²) < 4.78 is 11.2. The lowest BCUT2D eigenvalue weighted by molar-refractivity contribution is -0.0987. The minimum atomic E-state index is 0.196. The van der Waals surface area contributed by atoms with E-state index >= 15 is 0 Å². The molecule has 0 amide bonds. The molecule has 2 aromatic rings. The van der Waals surface area contributed by atoms with Crippen LogP contribution < -0.4 is 4.74 Å². The first-order valence-electron chi connectivity index (χ1n) is 10.5. The Morgan fingerprint density at radius 2 is 1.68 bits per heavy atom. The van der Waals surface area contributed by atoms with Gasteiger partial charge >= 0.3 is 0 Å². The lowest BCUT2D eigenvalue weighted by Gasteiger charge is -2.51. The van der Waals surface area contributed by atoms with Crippen LogP contribution >= 0.6 is 0 Å². The minimum Gasteiger partial charge on any atom is -0.497 e. The number of morpholine rings is 1. The summed E-state index contributed by atoms with van der Waals surface area (Å²) in [5, 5.41) is 0. The molecule has 2 aliphatic rings. The van der Waals surface area contributed by atoms with E-state index in [1.165, 1.54) is 24.0 Å². The van der Waals surface area contributed by atoms with Crippen LogP contribution in [0.3, 0.4) is 0 Å². The summed E-state index contributed by atoms with van der Waals surface area (Å²) in [6.07, 6.45) is 3.52. The average Bonchev–Trinajstić information content (AvgIpc) is 2.76. The van der Waals surface area contributed by atoms with Gasteiger partial charge in [0.1, 0.15) is 5.75 Å². The molecule has 4 nitrogen and oxygen atoms in total. The highest BCUT2D eigenvalue weighted by atomic mass is 16.5. The normalized spacial score (nSPS) is 20.3. The van der Waals surface area contributed by atoms with Crippen LogP contribution in [0.25, 0.3) is 0 Å². The van der Waals surface area contributed by atoms with E-state index in [2.05, 4.69) is 64.4 Å². The van der Waals surface area contributed by atoms with Crippen LogP contribution in [0.1, 0.15) is 24.0 Å². The smallest absolute Gasteiger partial charge is 0.118 e. The Bertz CT molecular complexity index is 724. The van der Waals surface area contributed by atoms with Gasteiger partial charge in [-0.05, 0) is 55.6 Å². The molecule has 150 valence electrons. The molecule has 0 radical (unpaired) electrons. The first kappa shape index (κ1) is 19.4. The summed E-state index contributed by atoms with van der Waals surface area (Å²) >= 11 is 0. The molecule has 0 bridgehead atoms. The molecule has 2 saturated heterocycles. The van der Waals surface area contributed by atoms with Crippen molar-refractivity contribution in [3.63, 3.8) is 0 Å². The molecule has 1 spiro atoms. The quantitative estimate of drug-likeness (QED) is 0.764. The molecule has 4 rings (SSSR count). The molecule has 0 saturated carbocycles. The van der Waals surface area contributed by atoms with E-state index in [0.29, 0.717) is 0 Å². The van der Waals surface area contributed by atoms with Gasteiger partial charge in [-0.15, -0.1) is 0 Å². The molecule has 0 aromatic heterocycles. The van der Waals surface area contributed by atoms with Gasteiger partial charge in [-0.25, -0.2) is 0 Å². The molecule has 2 aliphatic heterocycles. The Kier molecular flexibility index (Phi) is 6.30. The van der Waals surface area contributed by atoms with Crippen molar-refractivity contribution in [3.05, 3.63) is 65.7 Å². The largest absolute Gasteiger partial charge is 0.497 e. The second-order valence-corrected chi connectivity index (χ2v) is 8.12. The predicted octanol–water partition coefficient (Wildman–Crippen LogP) is 3.60. The zero-order valence-electron chi connectivity index (χ0n) is 17.0. The first-order chi connectivity index (χ1) is 13.8. The van der Waals surface area contributed by atoms with E-state index in [4.69, 9.17) is 9.47 Å². The fourth-order valence-electron chi connectivity index (χ4n) is 4.55. The molecular formula is C24H32N2O2. The van der Waals surface area contributed by atoms with Gasteiger partial charge in [0.25, 0.3) is 0 Å². The van der Waals surface area contributed by atoms with Crippen LogP contribution in [-0.2, 0) is 17.7 Å². The number of rotatable bonds is 6. The van der Waals surface area contributed by atoms with Gasteiger partial charge in [0.15, 0.2) is 0 Å². The van der Waals surface area contributed by atoms with E-state index in [-0.39, 0.29) is 5.54 Å². The maximum absolute atomic E-state index is 5.95. The van der Waals surface area contributed by atoms with Crippen LogP contribution in [0.2, 0.25) is 0 Å². The van der Waals surface area contributed by atoms with Crippen molar-refractivity contribution in [3.8, 4) is 5.75 Å². The Morgan fingerprint density at radius 1 is 0.929 bits per heavy atom. The van der Waals surface area contributed by atoms with E-state index in [1.807, 2.05) is 0 Å². The number of methoxy groups -OCH3 is 1. The number of likely N-dealkylation sites (tertiary alicyclic amines) is 1. The molecule has 28 heavy (non-hydrogen) atoms. The zero-order chi connectivity index (χ0) is 19.2. The molecule has 2 aromatic carbocycles. The maximum Gasteiger partial charge on any atom is 0.118 e. The van der Waals surface area contributed by atoms with E-state index < -0.39 is 0 Å². The topological polar surface area (TPSA) is 24.9 Å². The minimum absolute atomic E-state index is 0.196. The molecule has 2 fully saturated rings. The number of piperidine rings is 1. The highest BCUT2D eigenvalue weighted by Crippen LogP contribution is 2.33. The van der Waals surface area contributed by atoms with Crippen LogP contribution in [0.4, 0.5) is 0 Å². The lowest BCUT2D eigenvalue weighted by Crippen LogP contribution is -2.61. The van der Waals surface area contributed by atoms with Crippen molar-refractivity contribution in [1.82, 2.24) is 9.80 Å². The molecule has 2 heterocycles. The predicted molar refractivity (Wildman–Crippen MR) is 113 cm³/mol. The lowest BCUT2D eigenvalue weighted by atomic mass is 9.85. The second-order valence-electron chi connectivity index (χ2n) is 8.12. The standard InChI is InChI=1S/C24H32N2O2/c1-27-23-9-7-22(8-10-23)19-26-17-18-28-20-24(26)12-15-25(16-13-24)14-11-21-5-3-2-4-6-21/h2-10H,11-20H2,1H3. The second kappa shape index (κ2) is 9.08. The van der Waals surface area contributed by atoms with Crippen LogP contribution in [0.15, 0.2) is 54.6 Å². The number of hydrogen-bond donors (Lipinski definition) is 0. The molecule has 4 heteroatoms. The fraction of sp³-hybridized carbons (Fsp3) is 0.500. The highest BCUT2D eigenvalue weighted by molar-refractivity contribution is 5.27.